The van der Waals surface area contributed by atoms with Gasteiger partial charge in [-0.2, -0.15) is 5.10 Å². The molecular weight excluding hydrogens is 302 g/mol. The van der Waals surface area contributed by atoms with E-state index in [9.17, 15) is 0 Å². The highest BCUT2D eigenvalue weighted by atomic mass is 16.5. The second kappa shape index (κ2) is 7.73. The molecule has 1 saturated heterocycles. The monoisotopic (exact) mass is 325 g/mol. The van der Waals surface area contributed by atoms with Crippen LogP contribution in [0.25, 0.3) is 0 Å². The molecule has 0 unspecified atom stereocenters. The van der Waals surface area contributed by atoms with E-state index in [4.69, 9.17) is 9.47 Å². The van der Waals surface area contributed by atoms with Crippen LogP contribution < -0.4 is 14.4 Å². The molecule has 0 saturated carbocycles. The van der Waals surface area contributed by atoms with E-state index in [-0.39, 0.29) is 0 Å². The fourth-order valence-electron chi connectivity index (χ4n) is 2.78. The third kappa shape index (κ3) is 3.79. The summed E-state index contributed by atoms with van der Waals surface area (Å²) in [4.78, 5) is 2.35. The molecule has 0 radical (unpaired) electrons. The molecule has 3 rings (SSSR count). The average Bonchev–Trinajstić information content (AvgIpc) is 2.67. The number of benzene rings is 2. The first-order chi connectivity index (χ1) is 11.8. The van der Waals surface area contributed by atoms with E-state index >= 15 is 0 Å². The molecule has 1 heterocycles. The Balaban J connectivity index is 1.57. The number of rotatable bonds is 5. The zero-order valence-electron chi connectivity index (χ0n) is 14.2. The van der Waals surface area contributed by atoms with Crippen molar-refractivity contribution in [2.75, 3.05) is 45.3 Å². The molecule has 0 bridgehead atoms. The SMILES string of the molecule is COc1ccc(/C=N\N2CCN(c3ccccc3OC)CC2)cc1. The Morgan fingerprint density at radius 1 is 0.875 bits per heavy atom. The summed E-state index contributed by atoms with van der Waals surface area (Å²) in [6.45, 7) is 3.65. The van der Waals surface area contributed by atoms with Crippen LogP contribution in [0.4, 0.5) is 5.69 Å². The number of piperazine rings is 1. The van der Waals surface area contributed by atoms with Crippen molar-refractivity contribution in [3.05, 3.63) is 54.1 Å². The lowest BCUT2D eigenvalue weighted by Crippen LogP contribution is -2.44. The summed E-state index contributed by atoms with van der Waals surface area (Å²) in [7, 11) is 3.39. The van der Waals surface area contributed by atoms with Crippen molar-refractivity contribution in [3.63, 3.8) is 0 Å². The third-order valence-electron chi connectivity index (χ3n) is 4.17. The summed E-state index contributed by atoms with van der Waals surface area (Å²) in [6, 6.07) is 16.1. The smallest absolute Gasteiger partial charge is 0.142 e. The molecule has 1 aliphatic rings. The predicted molar refractivity (Wildman–Crippen MR) is 97.4 cm³/mol. The van der Waals surface area contributed by atoms with E-state index in [1.807, 2.05) is 48.7 Å². The summed E-state index contributed by atoms with van der Waals surface area (Å²) < 4.78 is 10.6. The molecule has 0 aromatic heterocycles. The Kier molecular flexibility index (Phi) is 5.21. The molecule has 2 aromatic rings. The molecule has 0 aliphatic carbocycles. The number of hydrogen-bond acceptors (Lipinski definition) is 5. The van der Waals surface area contributed by atoms with Crippen LogP contribution in [0.1, 0.15) is 5.56 Å². The molecule has 1 fully saturated rings. The van der Waals surface area contributed by atoms with Gasteiger partial charge >= 0.3 is 0 Å². The topological polar surface area (TPSA) is 37.3 Å². The van der Waals surface area contributed by atoms with Crippen LogP contribution in [0.5, 0.6) is 11.5 Å². The summed E-state index contributed by atoms with van der Waals surface area (Å²) >= 11 is 0. The van der Waals surface area contributed by atoms with Crippen LogP contribution in [0.2, 0.25) is 0 Å². The summed E-state index contributed by atoms with van der Waals surface area (Å²) in [6.07, 6.45) is 1.90. The fourth-order valence-corrected chi connectivity index (χ4v) is 2.78. The zero-order chi connectivity index (χ0) is 16.8. The maximum atomic E-state index is 5.45. The minimum atomic E-state index is 0.859. The number of ether oxygens (including phenoxy) is 2. The minimum absolute atomic E-state index is 0.859. The lowest BCUT2D eigenvalue weighted by Gasteiger charge is -2.35. The van der Waals surface area contributed by atoms with Gasteiger partial charge in [-0.1, -0.05) is 12.1 Å². The van der Waals surface area contributed by atoms with Gasteiger partial charge in [0.05, 0.1) is 39.2 Å². The second-order valence-corrected chi connectivity index (χ2v) is 5.63. The largest absolute Gasteiger partial charge is 0.497 e. The summed E-state index contributed by atoms with van der Waals surface area (Å²) in [5.74, 6) is 1.78. The number of hydrazone groups is 1. The number of anilines is 1. The van der Waals surface area contributed by atoms with Crippen molar-refractivity contribution in [3.8, 4) is 11.5 Å². The van der Waals surface area contributed by atoms with Crippen LogP contribution >= 0.6 is 0 Å². The number of methoxy groups -OCH3 is 2. The molecule has 1 aliphatic heterocycles. The van der Waals surface area contributed by atoms with Gasteiger partial charge in [-0.25, -0.2) is 0 Å². The first kappa shape index (κ1) is 16.2. The first-order valence-corrected chi connectivity index (χ1v) is 8.11. The third-order valence-corrected chi connectivity index (χ3v) is 4.17. The molecule has 24 heavy (non-hydrogen) atoms. The Labute approximate surface area is 143 Å². The Morgan fingerprint density at radius 3 is 2.25 bits per heavy atom. The highest BCUT2D eigenvalue weighted by Gasteiger charge is 2.18. The molecule has 0 N–H and O–H groups in total. The van der Waals surface area contributed by atoms with Crippen molar-refractivity contribution in [1.82, 2.24) is 5.01 Å². The molecule has 0 spiro atoms. The molecule has 5 nitrogen and oxygen atoms in total. The van der Waals surface area contributed by atoms with E-state index in [0.29, 0.717) is 0 Å². The summed E-state index contributed by atoms with van der Waals surface area (Å²) in [5, 5.41) is 6.70. The van der Waals surface area contributed by atoms with Gasteiger partial charge < -0.3 is 14.4 Å². The molecule has 2 aromatic carbocycles. The van der Waals surface area contributed by atoms with Crippen LogP contribution in [-0.4, -0.2) is 51.6 Å². The van der Waals surface area contributed by atoms with Crippen LogP contribution in [0, 0.1) is 0 Å². The highest BCUT2D eigenvalue weighted by Crippen LogP contribution is 2.28. The van der Waals surface area contributed by atoms with Gasteiger partial charge in [-0.15, -0.1) is 0 Å². The zero-order valence-corrected chi connectivity index (χ0v) is 14.2. The van der Waals surface area contributed by atoms with Crippen molar-refractivity contribution in [2.45, 2.75) is 0 Å². The van der Waals surface area contributed by atoms with Crippen LogP contribution in [0.15, 0.2) is 53.6 Å². The Morgan fingerprint density at radius 2 is 1.58 bits per heavy atom. The van der Waals surface area contributed by atoms with Crippen LogP contribution in [-0.2, 0) is 0 Å². The quantitative estimate of drug-likeness (QED) is 0.792. The lowest BCUT2D eigenvalue weighted by atomic mass is 10.2. The van der Waals surface area contributed by atoms with Gasteiger partial charge in [0, 0.05) is 13.1 Å². The van der Waals surface area contributed by atoms with E-state index in [2.05, 4.69) is 21.1 Å². The fraction of sp³-hybridized carbons (Fsp3) is 0.316. The maximum Gasteiger partial charge on any atom is 0.142 e. The lowest BCUT2D eigenvalue weighted by molar-refractivity contribution is 0.271. The molecule has 0 amide bonds. The second-order valence-electron chi connectivity index (χ2n) is 5.63. The van der Waals surface area contributed by atoms with Crippen molar-refractivity contribution in [1.29, 1.82) is 0 Å². The van der Waals surface area contributed by atoms with Gasteiger partial charge in [0.15, 0.2) is 0 Å². The summed E-state index contributed by atoms with van der Waals surface area (Å²) in [5.41, 5.74) is 2.22. The van der Waals surface area contributed by atoms with Crippen LogP contribution in [0.3, 0.4) is 0 Å². The number of hydrogen-bond donors (Lipinski definition) is 0. The molecule has 5 heteroatoms. The van der Waals surface area contributed by atoms with E-state index in [1.165, 1.54) is 0 Å². The molecule has 0 atom stereocenters. The normalized spacial score (nSPS) is 14.9. The number of para-hydroxylation sites is 2. The average molecular weight is 325 g/mol. The van der Waals surface area contributed by atoms with Crippen molar-refractivity contribution < 1.29 is 9.47 Å². The van der Waals surface area contributed by atoms with E-state index in [1.54, 1.807) is 14.2 Å². The number of nitrogens with zero attached hydrogens (tertiary/aromatic N) is 3. The van der Waals surface area contributed by atoms with Gasteiger partial charge in [0.2, 0.25) is 0 Å². The maximum absolute atomic E-state index is 5.45. The van der Waals surface area contributed by atoms with E-state index < -0.39 is 0 Å². The van der Waals surface area contributed by atoms with Crippen molar-refractivity contribution in [2.24, 2.45) is 5.10 Å². The minimum Gasteiger partial charge on any atom is -0.497 e. The van der Waals surface area contributed by atoms with Gasteiger partial charge in [0.1, 0.15) is 11.5 Å². The first-order valence-electron chi connectivity index (χ1n) is 8.11. The standard InChI is InChI=1S/C19H23N3O2/c1-23-17-9-7-16(8-10-17)15-20-22-13-11-21(12-14-22)18-5-3-4-6-19(18)24-2/h3-10,15H,11-14H2,1-2H3/b20-15-. The molecule has 126 valence electrons. The van der Waals surface area contributed by atoms with Gasteiger partial charge in [0.25, 0.3) is 0 Å². The Hall–Kier alpha value is -2.69. The van der Waals surface area contributed by atoms with Gasteiger partial charge in [-0.3, -0.25) is 5.01 Å². The highest BCUT2D eigenvalue weighted by molar-refractivity contribution is 5.79. The molecular formula is C19H23N3O2. The van der Waals surface area contributed by atoms with Gasteiger partial charge in [-0.05, 0) is 42.0 Å². The predicted octanol–water partition coefficient (Wildman–Crippen LogP) is 2.86. The Bertz CT molecular complexity index is 677. The van der Waals surface area contributed by atoms with E-state index in [0.717, 1.165) is 48.9 Å². The van der Waals surface area contributed by atoms with Crippen molar-refractivity contribution >= 4 is 11.9 Å².